The minimum atomic E-state index is -0.214. The molecular weight excluding hydrogens is 508 g/mol. The standard InChI is InChI=1S/C26H31BrN6O2/c1-5-32(6-2)15-16-35-20-13-11-19(12-14-20)29-25-28-17-21-18(3)33(23-10-8-7-9-22(23)27)26(34)31(4)24(21)30-25/h7-14,17-18H,5-6,15-16H2,1-4H3,(H,28,29,30)/t18-/m0/s1. The predicted octanol–water partition coefficient (Wildman–Crippen LogP) is 5.84. The van der Waals surface area contributed by atoms with E-state index in [1.165, 1.54) is 0 Å². The van der Waals surface area contributed by atoms with Crippen molar-refractivity contribution in [2.75, 3.05) is 48.4 Å². The summed E-state index contributed by atoms with van der Waals surface area (Å²) < 4.78 is 6.72. The second kappa shape index (κ2) is 11.0. The van der Waals surface area contributed by atoms with Gasteiger partial charge in [-0.3, -0.25) is 9.80 Å². The van der Waals surface area contributed by atoms with E-state index in [1.807, 2.05) is 55.5 Å². The molecule has 0 saturated carbocycles. The number of amides is 2. The van der Waals surface area contributed by atoms with Crippen LogP contribution in [0.4, 0.5) is 27.9 Å². The summed E-state index contributed by atoms with van der Waals surface area (Å²) in [7, 11) is 1.73. The van der Waals surface area contributed by atoms with Crippen molar-refractivity contribution in [1.29, 1.82) is 0 Å². The molecule has 8 nitrogen and oxygen atoms in total. The lowest BCUT2D eigenvalue weighted by atomic mass is 10.1. The molecule has 9 heteroatoms. The minimum absolute atomic E-state index is 0.146. The first-order valence-electron chi connectivity index (χ1n) is 11.8. The molecule has 1 N–H and O–H groups in total. The molecule has 184 valence electrons. The number of fused-ring (bicyclic) bond motifs is 1. The lowest BCUT2D eigenvalue weighted by Gasteiger charge is -2.39. The van der Waals surface area contributed by atoms with E-state index in [2.05, 4.69) is 50.0 Å². The molecule has 35 heavy (non-hydrogen) atoms. The number of hydrogen-bond donors (Lipinski definition) is 1. The van der Waals surface area contributed by atoms with E-state index in [0.29, 0.717) is 18.4 Å². The van der Waals surface area contributed by atoms with Gasteiger partial charge in [-0.25, -0.2) is 9.78 Å². The number of nitrogens with one attached hydrogen (secondary N) is 1. The third-order valence-electron chi connectivity index (χ3n) is 6.24. The molecular formula is C26H31BrN6O2. The first-order chi connectivity index (χ1) is 16.9. The molecule has 2 amide bonds. The average molecular weight is 539 g/mol. The van der Waals surface area contributed by atoms with Gasteiger partial charge >= 0.3 is 6.03 Å². The fourth-order valence-corrected chi connectivity index (χ4v) is 4.59. The van der Waals surface area contributed by atoms with Crippen molar-refractivity contribution >= 4 is 45.1 Å². The second-order valence-corrected chi connectivity index (χ2v) is 9.19. The minimum Gasteiger partial charge on any atom is -0.492 e. The van der Waals surface area contributed by atoms with Gasteiger partial charge < -0.3 is 15.0 Å². The molecule has 1 atom stereocenters. The maximum Gasteiger partial charge on any atom is 0.330 e. The van der Waals surface area contributed by atoms with E-state index in [4.69, 9.17) is 4.74 Å². The van der Waals surface area contributed by atoms with Crippen LogP contribution in [0.2, 0.25) is 0 Å². The van der Waals surface area contributed by atoms with E-state index in [0.717, 1.165) is 46.8 Å². The fourth-order valence-electron chi connectivity index (χ4n) is 4.12. The van der Waals surface area contributed by atoms with E-state index in [1.54, 1.807) is 23.0 Å². The number of rotatable bonds is 9. The van der Waals surface area contributed by atoms with Crippen LogP contribution >= 0.6 is 15.9 Å². The summed E-state index contributed by atoms with van der Waals surface area (Å²) in [6.45, 7) is 9.88. The third-order valence-corrected chi connectivity index (χ3v) is 6.91. The number of ether oxygens (including phenoxy) is 1. The maximum absolute atomic E-state index is 13.3. The Morgan fingerprint density at radius 2 is 1.83 bits per heavy atom. The van der Waals surface area contributed by atoms with Gasteiger partial charge in [0.1, 0.15) is 18.2 Å². The molecule has 0 radical (unpaired) electrons. The molecule has 4 rings (SSSR count). The van der Waals surface area contributed by atoms with Crippen molar-refractivity contribution in [2.24, 2.45) is 0 Å². The van der Waals surface area contributed by atoms with Crippen LogP contribution in [0.5, 0.6) is 5.75 Å². The van der Waals surface area contributed by atoms with E-state index >= 15 is 0 Å². The summed E-state index contributed by atoms with van der Waals surface area (Å²) in [5.74, 6) is 1.85. The van der Waals surface area contributed by atoms with E-state index in [-0.39, 0.29) is 12.1 Å². The van der Waals surface area contributed by atoms with Crippen molar-refractivity contribution < 1.29 is 9.53 Å². The Bertz CT molecular complexity index is 1170. The average Bonchev–Trinajstić information content (AvgIpc) is 2.87. The molecule has 0 saturated heterocycles. The van der Waals surface area contributed by atoms with Crippen LogP contribution in [-0.4, -0.2) is 54.2 Å². The van der Waals surface area contributed by atoms with Crippen molar-refractivity contribution in [3.8, 4) is 5.75 Å². The highest BCUT2D eigenvalue weighted by molar-refractivity contribution is 9.10. The Hall–Kier alpha value is -3.17. The molecule has 2 aromatic carbocycles. The lowest BCUT2D eigenvalue weighted by Crippen LogP contribution is -2.48. The molecule has 2 heterocycles. The van der Waals surface area contributed by atoms with Gasteiger partial charge in [-0.2, -0.15) is 4.98 Å². The smallest absolute Gasteiger partial charge is 0.330 e. The Balaban J connectivity index is 1.47. The van der Waals surface area contributed by atoms with Crippen LogP contribution in [0.1, 0.15) is 32.4 Å². The van der Waals surface area contributed by atoms with Gasteiger partial charge in [0, 0.05) is 35.5 Å². The molecule has 1 aliphatic heterocycles. The topological polar surface area (TPSA) is 73.8 Å². The molecule has 0 bridgehead atoms. The number of anilines is 4. The molecule has 1 aromatic heterocycles. The summed E-state index contributed by atoms with van der Waals surface area (Å²) in [5, 5.41) is 3.23. The number of halogens is 1. The first-order valence-corrected chi connectivity index (χ1v) is 12.6. The summed E-state index contributed by atoms with van der Waals surface area (Å²) >= 11 is 3.56. The zero-order valence-corrected chi connectivity index (χ0v) is 22.1. The molecule has 0 aliphatic carbocycles. The maximum atomic E-state index is 13.3. The number of benzene rings is 2. The van der Waals surface area contributed by atoms with Gasteiger partial charge in [0.05, 0.1) is 11.7 Å². The third kappa shape index (κ3) is 5.41. The zero-order valence-electron chi connectivity index (χ0n) is 20.5. The van der Waals surface area contributed by atoms with E-state index in [9.17, 15) is 4.79 Å². The highest BCUT2D eigenvalue weighted by Crippen LogP contribution is 2.40. The Morgan fingerprint density at radius 3 is 2.51 bits per heavy atom. The van der Waals surface area contributed by atoms with Gasteiger partial charge in [-0.15, -0.1) is 0 Å². The monoisotopic (exact) mass is 538 g/mol. The molecule has 0 spiro atoms. The van der Waals surface area contributed by atoms with Crippen LogP contribution in [-0.2, 0) is 0 Å². The number of aromatic nitrogens is 2. The number of hydrogen-bond acceptors (Lipinski definition) is 6. The number of urea groups is 1. The van der Waals surface area contributed by atoms with Crippen molar-refractivity contribution in [2.45, 2.75) is 26.8 Å². The Labute approximate surface area is 215 Å². The number of para-hydroxylation sites is 1. The first kappa shape index (κ1) is 24.9. The van der Waals surface area contributed by atoms with Gasteiger partial charge in [0.2, 0.25) is 5.95 Å². The van der Waals surface area contributed by atoms with Crippen LogP contribution in [0.15, 0.2) is 59.2 Å². The Morgan fingerprint density at radius 1 is 1.11 bits per heavy atom. The van der Waals surface area contributed by atoms with E-state index < -0.39 is 0 Å². The van der Waals surface area contributed by atoms with Crippen molar-refractivity contribution in [1.82, 2.24) is 14.9 Å². The second-order valence-electron chi connectivity index (χ2n) is 8.34. The fraction of sp³-hybridized carbons (Fsp3) is 0.346. The highest BCUT2D eigenvalue weighted by atomic mass is 79.9. The van der Waals surface area contributed by atoms with Crippen LogP contribution < -0.4 is 19.9 Å². The van der Waals surface area contributed by atoms with Crippen LogP contribution in [0, 0.1) is 0 Å². The quantitative estimate of drug-likeness (QED) is 0.368. The molecule has 3 aromatic rings. The van der Waals surface area contributed by atoms with Gasteiger partial charge in [-0.1, -0.05) is 26.0 Å². The SMILES string of the molecule is CCN(CC)CCOc1ccc(Nc2ncc3c(n2)N(C)C(=O)N(c2ccccc2Br)[C@H]3C)cc1. The predicted molar refractivity (Wildman–Crippen MR) is 144 cm³/mol. The zero-order chi connectivity index (χ0) is 24.9. The highest BCUT2D eigenvalue weighted by Gasteiger charge is 2.36. The summed E-state index contributed by atoms with van der Waals surface area (Å²) in [4.78, 5) is 28.1. The van der Waals surface area contributed by atoms with Gasteiger partial charge in [0.25, 0.3) is 0 Å². The summed E-state index contributed by atoms with van der Waals surface area (Å²) in [6, 6.07) is 15.1. The van der Waals surface area contributed by atoms with Crippen LogP contribution in [0.25, 0.3) is 0 Å². The number of nitrogens with zero attached hydrogens (tertiary/aromatic N) is 5. The lowest BCUT2D eigenvalue weighted by molar-refractivity contribution is 0.223. The number of likely N-dealkylation sites (N-methyl/N-ethyl adjacent to an activating group) is 1. The summed E-state index contributed by atoms with van der Waals surface area (Å²) in [6.07, 6.45) is 1.78. The van der Waals surface area contributed by atoms with Crippen molar-refractivity contribution in [3.63, 3.8) is 0 Å². The van der Waals surface area contributed by atoms with Gasteiger partial charge in [-0.05, 0) is 72.3 Å². The number of carbonyl (C=O) groups is 1. The molecule has 0 fully saturated rings. The summed E-state index contributed by atoms with van der Waals surface area (Å²) in [5.41, 5.74) is 2.53. The largest absolute Gasteiger partial charge is 0.492 e. The molecule has 1 aliphatic rings. The van der Waals surface area contributed by atoms with Crippen LogP contribution in [0.3, 0.4) is 0 Å². The number of carbonyl (C=O) groups excluding carboxylic acids is 1. The molecule has 0 unspecified atom stereocenters. The normalized spacial score (nSPS) is 15.4. The van der Waals surface area contributed by atoms with Gasteiger partial charge in [0.15, 0.2) is 0 Å². The Kier molecular flexibility index (Phi) is 7.87. The van der Waals surface area contributed by atoms with Crippen molar-refractivity contribution in [3.05, 3.63) is 64.8 Å².